The molecule has 2 heterocycles. The van der Waals surface area contributed by atoms with Crippen LogP contribution in [0.2, 0.25) is 5.02 Å². The molecule has 0 saturated carbocycles. The second-order valence-electron chi connectivity index (χ2n) is 4.21. The number of rotatable bonds is 1. The molecule has 1 N–H and O–H groups in total. The number of nitrogens with zero attached hydrogens (tertiary/aromatic N) is 1. The van der Waals surface area contributed by atoms with Gasteiger partial charge in [0, 0.05) is 17.5 Å². The number of hydrogen-bond donors (Lipinski definition) is 1. The van der Waals surface area contributed by atoms with Gasteiger partial charge in [-0.25, -0.2) is 4.98 Å². The Labute approximate surface area is 98.8 Å². The van der Waals surface area contributed by atoms with Gasteiger partial charge in [-0.15, -0.1) is 0 Å². The Morgan fingerprint density at radius 2 is 2.38 bits per heavy atom. The van der Waals surface area contributed by atoms with Crippen molar-refractivity contribution in [3.8, 4) is 0 Å². The Morgan fingerprint density at radius 3 is 3.19 bits per heavy atom. The fraction of sp³-hybridized carbons (Fsp3) is 0.417. The maximum absolute atomic E-state index is 5.92. The molecule has 3 rings (SSSR count). The molecule has 1 aliphatic rings. The smallest absolute Gasteiger partial charge is 0.199 e. The van der Waals surface area contributed by atoms with Gasteiger partial charge in [0.1, 0.15) is 5.52 Å². The molecule has 84 valence electrons. The van der Waals surface area contributed by atoms with Crippen molar-refractivity contribution in [2.24, 2.45) is 0 Å². The molecular weight excluding hydrogens is 224 g/mol. The minimum Gasteiger partial charge on any atom is -0.440 e. The Morgan fingerprint density at radius 1 is 1.44 bits per heavy atom. The van der Waals surface area contributed by atoms with E-state index in [-0.39, 0.29) is 0 Å². The molecule has 2 aromatic rings. The molecule has 0 radical (unpaired) electrons. The lowest BCUT2D eigenvalue weighted by atomic mass is 10.00. The van der Waals surface area contributed by atoms with Crippen LogP contribution in [-0.2, 0) is 0 Å². The van der Waals surface area contributed by atoms with Crippen molar-refractivity contribution in [3.63, 3.8) is 0 Å². The summed E-state index contributed by atoms with van der Waals surface area (Å²) in [5, 5.41) is 4.07. The zero-order chi connectivity index (χ0) is 11.0. The summed E-state index contributed by atoms with van der Waals surface area (Å²) in [7, 11) is 0. The SMILES string of the molecule is Clc1ccc2oc(C3CCCNC3)nc2c1. The third-order valence-corrected chi connectivity index (χ3v) is 3.25. The molecule has 1 aromatic heterocycles. The summed E-state index contributed by atoms with van der Waals surface area (Å²) < 4.78 is 5.75. The molecule has 1 atom stereocenters. The van der Waals surface area contributed by atoms with Gasteiger partial charge in [0.15, 0.2) is 11.5 Å². The summed E-state index contributed by atoms with van der Waals surface area (Å²) in [5.74, 6) is 1.24. The van der Waals surface area contributed by atoms with Crippen molar-refractivity contribution in [2.45, 2.75) is 18.8 Å². The monoisotopic (exact) mass is 236 g/mol. The zero-order valence-corrected chi connectivity index (χ0v) is 9.63. The lowest BCUT2D eigenvalue weighted by molar-refractivity contribution is 0.387. The third kappa shape index (κ3) is 1.81. The first-order valence-electron chi connectivity index (χ1n) is 5.59. The van der Waals surface area contributed by atoms with E-state index >= 15 is 0 Å². The lowest BCUT2D eigenvalue weighted by Crippen LogP contribution is -2.28. The van der Waals surface area contributed by atoms with E-state index in [2.05, 4.69) is 10.3 Å². The fourth-order valence-electron chi connectivity index (χ4n) is 2.16. The van der Waals surface area contributed by atoms with E-state index in [1.54, 1.807) is 0 Å². The largest absolute Gasteiger partial charge is 0.440 e. The van der Waals surface area contributed by atoms with Crippen molar-refractivity contribution < 1.29 is 4.42 Å². The van der Waals surface area contributed by atoms with Crippen molar-refractivity contribution in [1.29, 1.82) is 0 Å². The maximum Gasteiger partial charge on any atom is 0.199 e. The number of halogens is 1. The summed E-state index contributed by atoms with van der Waals surface area (Å²) in [5.41, 5.74) is 1.68. The summed E-state index contributed by atoms with van der Waals surface area (Å²) in [6.07, 6.45) is 2.33. The fourth-order valence-corrected chi connectivity index (χ4v) is 2.32. The highest BCUT2D eigenvalue weighted by atomic mass is 35.5. The van der Waals surface area contributed by atoms with Crippen LogP contribution >= 0.6 is 11.6 Å². The Bertz CT molecular complexity index is 503. The average Bonchev–Trinajstić information content (AvgIpc) is 2.73. The highest BCUT2D eigenvalue weighted by Gasteiger charge is 2.20. The van der Waals surface area contributed by atoms with E-state index in [4.69, 9.17) is 16.0 Å². The molecule has 1 fully saturated rings. The van der Waals surface area contributed by atoms with Crippen molar-refractivity contribution in [1.82, 2.24) is 10.3 Å². The minimum atomic E-state index is 0.403. The first-order chi connectivity index (χ1) is 7.83. The van der Waals surface area contributed by atoms with Crippen molar-refractivity contribution in [2.75, 3.05) is 13.1 Å². The van der Waals surface area contributed by atoms with E-state index in [1.165, 1.54) is 6.42 Å². The molecule has 3 nitrogen and oxygen atoms in total. The standard InChI is InChI=1S/C12H13ClN2O/c13-9-3-4-11-10(6-9)15-12(16-11)8-2-1-5-14-7-8/h3-4,6,8,14H,1-2,5,7H2. The van der Waals surface area contributed by atoms with Crippen LogP contribution in [0.5, 0.6) is 0 Å². The van der Waals surface area contributed by atoms with Crippen LogP contribution in [0, 0.1) is 0 Å². The molecule has 1 unspecified atom stereocenters. The van der Waals surface area contributed by atoms with Crippen molar-refractivity contribution in [3.05, 3.63) is 29.1 Å². The number of piperidine rings is 1. The summed E-state index contributed by atoms with van der Waals surface area (Å²) in [4.78, 5) is 4.51. The topological polar surface area (TPSA) is 38.1 Å². The molecule has 0 spiro atoms. The molecule has 16 heavy (non-hydrogen) atoms. The summed E-state index contributed by atoms with van der Waals surface area (Å²) in [6.45, 7) is 2.06. The first kappa shape index (κ1) is 10.1. The highest BCUT2D eigenvalue weighted by molar-refractivity contribution is 6.31. The molecule has 0 aliphatic carbocycles. The molecule has 0 bridgehead atoms. The highest BCUT2D eigenvalue weighted by Crippen LogP contribution is 2.27. The predicted molar refractivity (Wildman–Crippen MR) is 63.9 cm³/mol. The summed E-state index contributed by atoms with van der Waals surface area (Å²) >= 11 is 5.92. The van der Waals surface area contributed by atoms with Gasteiger partial charge in [-0.05, 0) is 37.6 Å². The number of fused-ring (bicyclic) bond motifs is 1. The first-order valence-corrected chi connectivity index (χ1v) is 5.97. The zero-order valence-electron chi connectivity index (χ0n) is 8.87. The number of benzene rings is 1. The van der Waals surface area contributed by atoms with Crippen LogP contribution in [0.25, 0.3) is 11.1 Å². The molecule has 4 heteroatoms. The third-order valence-electron chi connectivity index (χ3n) is 3.01. The molecule has 1 saturated heterocycles. The number of aromatic nitrogens is 1. The number of nitrogens with one attached hydrogen (secondary N) is 1. The van der Waals surface area contributed by atoms with Crippen LogP contribution in [0.4, 0.5) is 0 Å². The second-order valence-corrected chi connectivity index (χ2v) is 4.64. The van der Waals surface area contributed by atoms with Gasteiger partial charge < -0.3 is 9.73 Å². The van der Waals surface area contributed by atoms with Crippen LogP contribution in [-0.4, -0.2) is 18.1 Å². The second kappa shape index (κ2) is 4.07. The van der Waals surface area contributed by atoms with Gasteiger partial charge in [0.25, 0.3) is 0 Å². The Kier molecular flexibility index (Phi) is 2.58. The lowest BCUT2D eigenvalue weighted by Gasteiger charge is -2.19. The van der Waals surface area contributed by atoms with E-state index in [0.29, 0.717) is 10.9 Å². The minimum absolute atomic E-state index is 0.403. The quantitative estimate of drug-likeness (QED) is 0.827. The maximum atomic E-state index is 5.92. The van der Waals surface area contributed by atoms with Gasteiger partial charge >= 0.3 is 0 Å². The Balaban J connectivity index is 1.97. The van der Waals surface area contributed by atoms with E-state index in [1.807, 2.05) is 18.2 Å². The van der Waals surface area contributed by atoms with Gasteiger partial charge in [-0.1, -0.05) is 11.6 Å². The summed E-state index contributed by atoms with van der Waals surface area (Å²) in [6, 6.07) is 5.56. The van der Waals surface area contributed by atoms with Crippen LogP contribution in [0.15, 0.2) is 22.6 Å². The van der Waals surface area contributed by atoms with Gasteiger partial charge in [0.2, 0.25) is 0 Å². The van der Waals surface area contributed by atoms with E-state index < -0.39 is 0 Å². The normalized spacial score (nSPS) is 21.4. The van der Waals surface area contributed by atoms with Crippen LogP contribution < -0.4 is 5.32 Å². The molecule has 0 amide bonds. The van der Waals surface area contributed by atoms with Gasteiger partial charge in [-0.2, -0.15) is 0 Å². The van der Waals surface area contributed by atoms with Crippen LogP contribution in [0.1, 0.15) is 24.7 Å². The number of oxazole rings is 1. The van der Waals surface area contributed by atoms with E-state index in [0.717, 1.165) is 36.5 Å². The molecule has 1 aliphatic heterocycles. The molecular formula is C12H13ClN2O. The van der Waals surface area contributed by atoms with Gasteiger partial charge in [0.05, 0.1) is 0 Å². The van der Waals surface area contributed by atoms with Gasteiger partial charge in [-0.3, -0.25) is 0 Å². The molecule has 1 aromatic carbocycles. The number of hydrogen-bond acceptors (Lipinski definition) is 3. The average molecular weight is 237 g/mol. The predicted octanol–water partition coefficient (Wildman–Crippen LogP) is 2.95. The van der Waals surface area contributed by atoms with Crippen molar-refractivity contribution >= 4 is 22.7 Å². The van der Waals surface area contributed by atoms with Crippen LogP contribution in [0.3, 0.4) is 0 Å². The Hall–Kier alpha value is -1.06. The van der Waals surface area contributed by atoms with E-state index in [9.17, 15) is 0 Å².